The SMILES string of the molecule is CCOC(=O)c1ccc(CN2C(=O)C(=O)/C(=C(/O)c3ccc(OCC)cc3)C2c2ccncc2)cc1. The van der Waals surface area contributed by atoms with E-state index in [1.165, 1.54) is 4.90 Å². The molecule has 0 radical (unpaired) electrons. The molecule has 8 heteroatoms. The zero-order valence-corrected chi connectivity index (χ0v) is 20.0. The van der Waals surface area contributed by atoms with Crippen molar-refractivity contribution in [2.75, 3.05) is 13.2 Å². The van der Waals surface area contributed by atoms with Gasteiger partial charge in [0, 0.05) is 24.5 Å². The lowest BCUT2D eigenvalue weighted by molar-refractivity contribution is -0.140. The molecule has 2 heterocycles. The predicted octanol–water partition coefficient (Wildman–Crippen LogP) is 4.28. The number of carbonyl (C=O) groups is 3. The topological polar surface area (TPSA) is 106 Å². The molecular weight excluding hydrogens is 460 g/mol. The predicted molar refractivity (Wildman–Crippen MR) is 132 cm³/mol. The molecule has 0 bridgehead atoms. The molecule has 1 atom stereocenters. The van der Waals surface area contributed by atoms with Crippen molar-refractivity contribution >= 4 is 23.4 Å². The van der Waals surface area contributed by atoms with Crippen molar-refractivity contribution in [3.8, 4) is 5.75 Å². The van der Waals surface area contributed by atoms with E-state index in [0.717, 1.165) is 0 Å². The molecular formula is C28H26N2O6. The molecule has 1 unspecified atom stereocenters. The third-order valence-electron chi connectivity index (χ3n) is 5.82. The average molecular weight is 487 g/mol. The van der Waals surface area contributed by atoms with Crippen LogP contribution in [0.15, 0.2) is 78.6 Å². The highest BCUT2D eigenvalue weighted by molar-refractivity contribution is 6.46. The Morgan fingerprint density at radius 3 is 2.17 bits per heavy atom. The third kappa shape index (κ3) is 4.98. The maximum Gasteiger partial charge on any atom is 0.338 e. The minimum Gasteiger partial charge on any atom is -0.507 e. The minimum atomic E-state index is -0.815. The summed E-state index contributed by atoms with van der Waals surface area (Å²) in [6.07, 6.45) is 3.14. The van der Waals surface area contributed by atoms with E-state index in [2.05, 4.69) is 4.98 Å². The number of benzene rings is 2. The number of aromatic nitrogens is 1. The number of rotatable bonds is 8. The van der Waals surface area contributed by atoms with Crippen molar-refractivity contribution < 1.29 is 29.0 Å². The van der Waals surface area contributed by atoms with Crippen LogP contribution in [0.1, 0.15) is 46.9 Å². The molecule has 1 saturated heterocycles. The van der Waals surface area contributed by atoms with E-state index in [1.807, 2.05) is 6.92 Å². The second-order valence-electron chi connectivity index (χ2n) is 8.08. The largest absolute Gasteiger partial charge is 0.507 e. The Morgan fingerprint density at radius 2 is 1.56 bits per heavy atom. The highest BCUT2D eigenvalue weighted by Gasteiger charge is 2.46. The Bertz CT molecular complexity index is 1280. The number of hydrogen-bond acceptors (Lipinski definition) is 7. The number of amides is 1. The molecule has 184 valence electrons. The summed E-state index contributed by atoms with van der Waals surface area (Å²) in [5, 5.41) is 11.2. The van der Waals surface area contributed by atoms with Crippen LogP contribution >= 0.6 is 0 Å². The van der Waals surface area contributed by atoms with E-state index in [9.17, 15) is 19.5 Å². The lowest BCUT2D eigenvalue weighted by Crippen LogP contribution is -2.29. The van der Waals surface area contributed by atoms with Gasteiger partial charge in [-0.05, 0) is 73.5 Å². The van der Waals surface area contributed by atoms with E-state index >= 15 is 0 Å². The Morgan fingerprint density at radius 1 is 0.917 bits per heavy atom. The van der Waals surface area contributed by atoms with Crippen LogP contribution in [-0.4, -0.2) is 45.9 Å². The number of pyridine rings is 1. The van der Waals surface area contributed by atoms with E-state index in [4.69, 9.17) is 9.47 Å². The second-order valence-corrected chi connectivity index (χ2v) is 8.08. The Hall–Kier alpha value is -4.46. The normalized spacial score (nSPS) is 16.7. The zero-order valence-electron chi connectivity index (χ0n) is 20.0. The first-order chi connectivity index (χ1) is 17.4. The summed E-state index contributed by atoms with van der Waals surface area (Å²) in [6.45, 7) is 4.47. The molecule has 36 heavy (non-hydrogen) atoms. The molecule has 8 nitrogen and oxygen atoms in total. The molecule has 2 aromatic carbocycles. The summed E-state index contributed by atoms with van der Waals surface area (Å²) in [7, 11) is 0. The van der Waals surface area contributed by atoms with Crippen LogP contribution < -0.4 is 4.74 Å². The van der Waals surface area contributed by atoms with Gasteiger partial charge in [-0.2, -0.15) is 0 Å². The molecule has 1 aliphatic rings. The number of carbonyl (C=O) groups excluding carboxylic acids is 3. The molecule has 1 amide bonds. The number of aliphatic hydroxyl groups is 1. The minimum absolute atomic E-state index is 0.00139. The first kappa shape index (κ1) is 24.7. The Labute approximate surface area is 208 Å². The fourth-order valence-corrected chi connectivity index (χ4v) is 4.12. The third-order valence-corrected chi connectivity index (χ3v) is 5.82. The molecule has 0 spiro atoms. The monoisotopic (exact) mass is 486 g/mol. The van der Waals surface area contributed by atoms with Gasteiger partial charge >= 0.3 is 5.97 Å². The van der Waals surface area contributed by atoms with Crippen molar-refractivity contribution in [3.05, 3.63) is 101 Å². The lowest BCUT2D eigenvalue weighted by atomic mass is 9.95. The van der Waals surface area contributed by atoms with E-state index in [1.54, 1.807) is 80.0 Å². The fraction of sp³-hybridized carbons (Fsp3) is 0.214. The molecule has 1 N–H and O–H groups in total. The number of esters is 1. The molecule has 1 aliphatic heterocycles. The first-order valence-electron chi connectivity index (χ1n) is 11.6. The highest BCUT2D eigenvalue weighted by Crippen LogP contribution is 2.40. The van der Waals surface area contributed by atoms with Crippen molar-refractivity contribution in [3.63, 3.8) is 0 Å². The number of ketones is 1. The van der Waals surface area contributed by atoms with Crippen LogP contribution in [0, 0.1) is 0 Å². The van der Waals surface area contributed by atoms with Gasteiger partial charge in [0.1, 0.15) is 11.5 Å². The number of likely N-dealkylation sites (tertiary alicyclic amines) is 1. The van der Waals surface area contributed by atoms with Gasteiger partial charge in [0.05, 0.1) is 30.4 Å². The molecule has 4 rings (SSSR count). The summed E-state index contributed by atoms with van der Waals surface area (Å²) >= 11 is 0. The highest BCUT2D eigenvalue weighted by atomic mass is 16.5. The summed E-state index contributed by atoms with van der Waals surface area (Å²) in [4.78, 5) is 43.8. The first-order valence-corrected chi connectivity index (χ1v) is 11.6. The van der Waals surface area contributed by atoms with Crippen LogP contribution in [0.25, 0.3) is 5.76 Å². The average Bonchev–Trinajstić information content (AvgIpc) is 3.15. The van der Waals surface area contributed by atoms with E-state index in [0.29, 0.717) is 34.6 Å². The molecule has 1 fully saturated rings. The maximum atomic E-state index is 13.2. The Balaban J connectivity index is 1.72. The van der Waals surface area contributed by atoms with Gasteiger partial charge in [0.2, 0.25) is 0 Å². The standard InChI is InChI=1S/C28H26N2O6/c1-3-35-22-11-9-20(10-12-22)25(31)23-24(19-13-15-29-16-14-19)30(27(33)26(23)32)17-18-5-7-21(8-6-18)28(34)36-4-2/h5-16,24,31H,3-4,17H2,1-2H3/b25-23+. The number of ether oxygens (including phenoxy) is 2. The Kier molecular flexibility index (Phi) is 7.44. The van der Waals surface area contributed by atoms with Gasteiger partial charge in [-0.1, -0.05) is 12.1 Å². The van der Waals surface area contributed by atoms with Crippen molar-refractivity contribution in [2.24, 2.45) is 0 Å². The number of aliphatic hydroxyl groups excluding tert-OH is 1. The molecule has 3 aromatic rings. The number of hydrogen-bond donors (Lipinski definition) is 1. The van der Waals surface area contributed by atoms with Crippen LogP contribution in [0.4, 0.5) is 0 Å². The van der Waals surface area contributed by atoms with Crippen LogP contribution in [-0.2, 0) is 20.9 Å². The van der Waals surface area contributed by atoms with Gasteiger partial charge in [0.15, 0.2) is 0 Å². The van der Waals surface area contributed by atoms with Gasteiger partial charge in [-0.15, -0.1) is 0 Å². The van der Waals surface area contributed by atoms with Gasteiger partial charge < -0.3 is 19.5 Å². The maximum absolute atomic E-state index is 13.2. The van der Waals surface area contributed by atoms with E-state index < -0.39 is 23.7 Å². The molecule has 1 aromatic heterocycles. The van der Waals surface area contributed by atoms with Crippen LogP contribution in [0.2, 0.25) is 0 Å². The molecule has 0 aliphatic carbocycles. The molecule has 0 saturated carbocycles. The summed E-state index contributed by atoms with van der Waals surface area (Å²) in [5.41, 5.74) is 2.14. The van der Waals surface area contributed by atoms with E-state index in [-0.39, 0.29) is 24.5 Å². The van der Waals surface area contributed by atoms with Crippen LogP contribution in [0.3, 0.4) is 0 Å². The summed E-state index contributed by atoms with van der Waals surface area (Å²) in [5.74, 6) is -1.56. The number of nitrogens with zero attached hydrogens (tertiary/aromatic N) is 2. The fourth-order valence-electron chi connectivity index (χ4n) is 4.12. The van der Waals surface area contributed by atoms with Gasteiger partial charge in [-0.3, -0.25) is 14.6 Å². The van der Waals surface area contributed by atoms with Crippen molar-refractivity contribution in [1.82, 2.24) is 9.88 Å². The van der Waals surface area contributed by atoms with Crippen molar-refractivity contribution in [1.29, 1.82) is 0 Å². The van der Waals surface area contributed by atoms with Gasteiger partial charge in [0.25, 0.3) is 11.7 Å². The van der Waals surface area contributed by atoms with Crippen molar-refractivity contribution in [2.45, 2.75) is 26.4 Å². The lowest BCUT2D eigenvalue weighted by Gasteiger charge is -2.25. The smallest absolute Gasteiger partial charge is 0.338 e. The summed E-state index contributed by atoms with van der Waals surface area (Å²) < 4.78 is 10.5. The van der Waals surface area contributed by atoms with Crippen LogP contribution in [0.5, 0.6) is 5.75 Å². The quantitative estimate of drug-likeness (QED) is 0.219. The number of Topliss-reactive ketones (excluding diaryl/α,β-unsaturated/α-hetero) is 1. The zero-order chi connectivity index (χ0) is 25.7. The van der Waals surface area contributed by atoms with Gasteiger partial charge in [-0.25, -0.2) is 4.79 Å². The second kappa shape index (κ2) is 10.9. The summed E-state index contributed by atoms with van der Waals surface area (Å²) in [6, 6.07) is 15.9.